The largest absolute Gasteiger partial charge is 0.371 e. The van der Waals surface area contributed by atoms with Gasteiger partial charge in [-0.1, -0.05) is 52.3 Å². The Morgan fingerprint density at radius 3 is 2.25 bits per heavy atom. The van der Waals surface area contributed by atoms with Crippen LogP contribution in [0.1, 0.15) is 47.0 Å². The molecule has 0 aliphatic heterocycles. The molecule has 0 aliphatic rings. The molecule has 114 valence electrons. The van der Waals surface area contributed by atoms with Crippen LogP contribution in [0, 0.1) is 5.41 Å². The van der Waals surface area contributed by atoms with Gasteiger partial charge in [0.2, 0.25) is 0 Å². The average molecular weight is 276 g/mol. The number of hydrogen-bond donors (Lipinski definition) is 1. The maximum absolute atomic E-state index is 3.48. The molecule has 1 rings (SSSR count). The van der Waals surface area contributed by atoms with Crippen molar-refractivity contribution in [1.82, 2.24) is 5.32 Å². The highest BCUT2D eigenvalue weighted by Gasteiger charge is 2.23. The van der Waals surface area contributed by atoms with Gasteiger partial charge in [0.05, 0.1) is 0 Å². The van der Waals surface area contributed by atoms with Crippen LogP contribution in [0.3, 0.4) is 0 Å². The van der Waals surface area contributed by atoms with Crippen LogP contribution in [-0.4, -0.2) is 26.2 Å². The molecule has 2 heteroatoms. The Hall–Kier alpha value is -1.02. The molecule has 1 unspecified atom stereocenters. The van der Waals surface area contributed by atoms with Crippen LogP contribution in [0.15, 0.2) is 30.3 Å². The summed E-state index contributed by atoms with van der Waals surface area (Å²) in [6, 6.07) is 11.4. The first-order chi connectivity index (χ1) is 9.49. The zero-order chi connectivity index (χ0) is 15.0. The highest BCUT2D eigenvalue weighted by Crippen LogP contribution is 2.23. The fourth-order valence-electron chi connectivity index (χ4n) is 2.65. The lowest BCUT2D eigenvalue weighted by molar-refractivity contribution is 0.269. The van der Waals surface area contributed by atoms with E-state index >= 15 is 0 Å². The minimum atomic E-state index is 0.307. The molecule has 0 saturated carbocycles. The van der Waals surface area contributed by atoms with Crippen molar-refractivity contribution in [2.45, 2.75) is 53.0 Å². The molecule has 0 spiro atoms. The number of nitrogens with zero attached hydrogens (tertiary/aromatic N) is 1. The van der Waals surface area contributed by atoms with Crippen molar-refractivity contribution in [1.29, 1.82) is 0 Å². The van der Waals surface area contributed by atoms with E-state index in [-0.39, 0.29) is 0 Å². The molecule has 0 aliphatic carbocycles. The second-order valence-electron chi connectivity index (χ2n) is 6.67. The minimum absolute atomic E-state index is 0.307. The normalized spacial score (nSPS) is 13.2. The summed E-state index contributed by atoms with van der Waals surface area (Å²) in [4.78, 5) is 2.53. The van der Waals surface area contributed by atoms with Crippen LogP contribution >= 0.6 is 0 Å². The van der Waals surface area contributed by atoms with E-state index in [1.54, 1.807) is 0 Å². The monoisotopic (exact) mass is 276 g/mol. The van der Waals surface area contributed by atoms with E-state index < -0.39 is 0 Å². The van der Waals surface area contributed by atoms with Gasteiger partial charge in [-0.2, -0.15) is 0 Å². The molecule has 0 saturated heterocycles. The number of anilines is 1. The molecule has 0 heterocycles. The van der Waals surface area contributed by atoms with Crippen molar-refractivity contribution in [2.75, 3.05) is 25.0 Å². The Bertz CT molecular complexity index is 353. The summed E-state index contributed by atoms with van der Waals surface area (Å²) in [6.45, 7) is 11.5. The highest BCUT2D eigenvalue weighted by atomic mass is 15.1. The lowest BCUT2D eigenvalue weighted by Crippen LogP contribution is -2.41. The van der Waals surface area contributed by atoms with Gasteiger partial charge in [0.1, 0.15) is 0 Å². The highest BCUT2D eigenvalue weighted by molar-refractivity contribution is 5.45. The van der Waals surface area contributed by atoms with Crippen molar-refractivity contribution in [3.63, 3.8) is 0 Å². The van der Waals surface area contributed by atoms with Crippen molar-refractivity contribution in [2.24, 2.45) is 5.41 Å². The Labute approximate surface area is 125 Å². The van der Waals surface area contributed by atoms with Crippen molar-refractivity contribution in [3.8, 4) is 0 Å². The van der Waals surface area contributed by atoms with E-state index in [0.717, 1.165) is 13.1 Å². The standard InChI is InChI=1S/C18H32N2/c1-6-7-14-20(16-11-9-8-10-12-16)15-13-17(19-5)18(2,3)4/h8-12,17,19H,6-7,13-15H2,1-5H3. The summed E-state index contributed by atoms with van der Waals surface area (Å²) in [5, 5.41) is 3.48. The number of nitrogens with one attached hydrogen (secondary N) is 1. The molecule has 1 atom stereocenters. The summed E-state index contributed by atoms with van der Waals surface area (Å²) in [7, 11) is 2.08. The van der Waals surface area contributed by atoms with Crippen LogP contribution in [0.2, 0.25) is 0 Å². The molecule has 1 aromatic carbocycles. The first-order valence-electron chi connectivity index (χ1n) is 7.96. The molecule has 1 aromatic rings. The van der Waals surface area contributed by atoms with Gasteiger partial charge in [-0.15, -0.1) is 0 Å². The summed E-state index contributed by atoms with van der Waals surface area (Å²) in [6.07, 6.45) is 3.69. The number of hydrogen-bond acceptors (Lipinski definition) is 2. The lowest BCUT2D eigenvalue weighted by Gasteiger charge is -2.33. The van der Waals surface area contributed by atoms with Crippen LogP contribution in [0.4, 0.5) is 5.69 Å². The first kappa shape index (κ1) is 17.0. The summed E-state index contributed by atoms with van der Waals surface area (Å²) in [5.74, 6) is 0. The molecular weight excluding hydrogens is 244 g/mol. The van der Waals surface area contributed by atoms with Crippen LogP contribution in [0.5, 0.6) is 0 Å². The van der Waals surface area contributed by atoms with Gasteiger partial charge < -0.3 is 10.2 Å². The fourth-order valence-corrected chi connectivity index (χ4v) is 2.65. The quantitative estimate of drug-likeness (QED) is 0.761. The number of benzene rings is 1. The molecule has 0 radical (unpaired) electrons. The second-order valence-corrected chi connectivity index (χ2v) is 6.67. The second kappa shape index (κ2) is 8.31. The zero-order valence-electron chi connectivity index (χ0n) is 13.9. The molecule has 0 fully saturated rings. The van der Waals surface area contributed by atoms with Gasteiger partial charge in [-0.05, 0) is 37.4 Å². The number of unbranched alkanes of at least 4 members (excludes halogenated alkanes) is 1. The van der Waals surface area contributed by atoms with E-state index in [0.29, 0.717) is 11.5 Å². The predicted molar refractivity (Wildman–Crippen MR) is 90.5 cm³/mol. The third kappa shape index (κ3) is 5.54. The topological polar surface area (TPSA) is 15.3 Å². The molecule has 0 bridgehead atoms. The molecule has 20 heavy (non-hydrogen) atoms. The summed E-state index contributed by atoms with van der Waals surface area (Å²) >= 11 is 0. The van der Waals surface area contributed by atoms with E-state index in [9.17, 15) is 0 Å². The van der Waals surface area contributed by atoms with Crippen LogP contribution in [-0.2, 0) is 0 Å². The van der Waals surface area contributed by atoms with Gasteiger partial charge in [0.25, 0.3) is 0 Å². The Kier molecular flexibility index (Phi) is 7.08. The van der Waals surface area contributed by atoms with E-state index in [4.69, 9.17) is 0 Å². The maximum atomic E-state index is 3.48. The minimum Gasteiger partial charge on any atom is -0.371 e. The third-order valence-corrected chi connectivity index (χ3v) is 3.98. The van der Waals surface area contributed by atoms with E-state index in [2.05, 4.69) is 75.3 Å². The average Bonchev–Trinajstić information content (AvgIpc) is 2.42. The van der Waals surface area contributed by atoms with Crippen molar-refractivity contribution < 1.29 is 0 Å². The third-order valence-electron chi connectivity index (χ3n) is 3.98. The van der Waals surface area contributed by atoms with Crippen molar-refractivity contribution in [3.05, 3.63) is 30.3 Å². The number of para-hydroxylation sites is 1. The van der Waals surface area contributed by atoms with Crippen molar-refractivity contribution >= 4 is 5.69 Å². The van der Waals surface area contributed by atoms with Gasteiger partial charge in [0.15, 0.2) is 0 Å². The van der Waals surface area contributed by atoms with E-state index in [1.807, 2.05) is 0 Å². The Morgan fingerprint density at radius 2 is 1.75 bits per heavy atom. The summed E-state index contributed by atoms with van der Waals surface area (Å²) in [5.41, 5.74) is 1.66. The molecular formula is C18H32N2. The lowest BCUT2D eigenvalue weighted by atomic mass is 9.85. The van der Waals surface area contributed by atoms with Gasteiger partial charge >= 0.3 is 0 Å². The Balaban J connectivity index is 2.66. The van der Waals surface area contributed by atoms with Gasteiger partial charge in [0, 0.05) is 24.8 Å². The first-order valence-corrected chi connectivity index (χ1v) is 7.96. The summed E-state index contributed by atoms with van der Waals surface area (Å²) < 4.78 is 0. The molecule has 0 amide bonds. The predicted octanol–water partition coefficient (Wildman–Crippen LogP) is 4.32. The smallest absolute Gasteiger partial charge is 0.0366 e. The van der Waals surface area contributed by atoms with Crippen LogP contribution < -0.4 is 10.2 Å². The fraction of sp³-hybridized carbons (Fsp3) is 0.667. The van der Waals surface area contributed by atoms with Crippen LogP contribution in [0.25, 0.3) is 0 Å². The zero-order valence-corrected chi connectivity index (χ0v) is 13.9. The van der Waals surface area contributed by atoms with Gasteiger partial charge in [-0.3, -0.25) is 0 Å². The molecule has 1 N–H and O–H groups in total. The SMILES string of the molecule is CCCCN(CCC(NC)C(C)(C)C)c1ccccc1. The maximum Gasteiger partial charge on any atom is 0.0366 e. The van der Waals surface area contributed by atoms with Gasteiger partial charge in [-0.25, -0.2) is 0 Å². The number of rotatable bonds is 8. The molecule has 0 aromatic heterocycles. The van der Waals surface area contributed by atoms with E-state index in [1.165, 1.54) is 24.9 Å². The Morgan fingerprint density at radius 1 is 1.10 bits per heavy atom. The molecule has 2 nitrogen and oxygen atoms in total.